The Balaban J connectivity index is -0.0000000865. The van der Waals surface area contributed by atoms with Gasteiger partial charge in [0.15, 0.2) is 0 Å². The first-order valence-electron chi connectivity index (χ1n) is 4.73. The van der Waals surface area contributed by atoms with Crippen molar-refractivity contribution < 1.29 is 46.8 Å². The molecule has 0 aliphatic heterocycles. The number of rotatable bonds is 6. The molecule has 0 rings (SSSR count). The van der Waals surface area contributed by atoms with Crippen LogP contribution in [0.4, 0.5) is 0 Å². The van der Waals surface area contributed by atoms with Crippen molar-refractivity contribution in [2.24, 2.45) is 0 Å². The van der Waals surface area contributed by atoms with Crippen LogP contribution in [0, 0.1) is 0 Å². The maximum Gasteiger partial charge on any atom is 3.00 e. The van der Waals surface area contributed by atoms with Gasteiger partial charge in [0.05, 0.1) is 6.42 Å². The van der Waals surface area contributed by atoms with Crippen molar-refractivity contribution in [3.05, 3.63) is 0 Å². The fourth-order valence-electron chi connectivity index (χ4n) is 0.270. The van der Waals surface area contributed by atoms with Crippen LogP contribution in [-0.4, -0.2) is 40.3 Å². The summed E-state index contributed by atoms with van der Waals surface area (Å²) in [5.41, 5.74) is 0. The van der Waals surface area contributed by atoms with Crippen molar-refractivity contribution in [1.82, 2.24) is 0 Å². The summed E-state index contributed by atoms with van der Waals surface area (Å²) in [5, 5.41) is 26.7. The Morgan fingerprint density at radius 1 is 0.947 bits per heavy atom. The van der Waals surface area contributed by atoms with Crippen molar-refractivity contribution in [1.29, 1.82) is 0 Å². The third kappa shape index (κ3) is 56.9. The maximum atomic E-state index is 9.55. The number of hydrogen-bond donors (Lipinski definition) is 3. The zero-order valence-corrected chi connectivity index (χ0v) is 13.6. The van der Waals surface area contributed by atoms with E-state index < -0.39 is 17.9 Å². The fourth-order valence-corrected chi connectivity index (χ4v) is 0.811. The molecule has 0 spiro atoms. The van der Waals surface area contributed by atoms with E-state index in [1.165, 1.54) is 0 Å². The van der Waals surface area contributed by atoms with E-state index in [2.05, 4.69) is 37.9 Å². The van der Waals surface area contributed by atoms with Gasteiger partial charge in [-0.15, -0.1) is 0 Å². The number of carbonyl (C=O) groups is 3. The van der Waals surface area contributed by atoms with Gasteiger partial charge in [-0.1, -0.05) is 0 Å². The predicted octanol–water partition coefficient (Wildman–Crippen LogP) is -1.88. The van der Waals surface area contributed by atoms with Crippen molar-refractivity contribution in [3.63, 3.8) is 0 Å². The van der Waals surface area contributed by atoms with E-state index in [9.17, 15) is 24.6 Å². The number of hydrogen-bond acceptors (Lipinski definition) is 8. The van der Waals surface area contributed by atoms with Crippen molar-refractivity contribution >= 4 is 55.8 Å². The van der Waals surface area contributed by atoms with E-state index in [0.717, 1.165) is 0 Å². The van der Waals surface area contributed by atoms with Gasteiger partial charge in [-0.25, -0.2) is 0 Å². The van der Waals surface area contributed by atoms with Crippen LogP contribution in [-0.2, 0) is 44.1 Å². The molecule has 10 heteroatoms. The van der Waals surface area contributed by atoms with Crippen LogP contribution in [0.15, 0.2) is 0 Å². The Hall–Kier alpha value is -0.0205. The Kier molecular flexibility index (Phi) is 33.2. The molecule has 1 N–H and O–H groups in total. The average molecular weight is 371 g/mol. The van der Waals surface area contributed by atoms with E-state index in [-0.39, 0.29) is 42.1 Å². The average Bonchev–Trinajstić information content (AvgIpc) is 2.18. The summed E-state index contributed by atoms with van der Waals surface area (Å²) in [5.74, 6) is -1.85. The van der Waals surface area contributed by atoms with Gasteiger partial charge < -0.3 is 37.5 Å². The molecule has 0 aromatic rings. The number of carboxylic acids is 3. The van der Waals surface area contributed by atoms with Gasteiger partial charge in [0.2, 0.25) is 0 Å². The first kappa shape index (κ1) is 27.3. The molecule has 113 valence electrons. The summed E-state index contributed by atoms with van der Waals surface area (Å²) in [4.78, 5) is 28.4. The van der Waals surface area contributed by atoms with Gasteiger partial charge in [-0.05, 0) is 18.6 Å². The van der Waals surface area contributed by atoms with Gasteiger partial charge in [-0.2, -0.15) is 31.0 Å². The minimum Gasteiger partial charge on any atom is -0.792 e. The first-order chi connectivity index (χ1) is 8.31. The van der Waals surface area contributed by atoms with E-state index in [1.54, 1.807) is 0 Å². The summed E-state index contributed by atoms with van der Waals surface area (Å²) in [6, 6.07) is 0. The molecule has 0 aliphatic carbocycles. The molecule has 0 unspecified atom stereocenters. The first-order valence-corrected chi connectivity index (χ1v) is 6.57. The largest absolute Gasteiger partial charge is 3.00 e. The van der Waals surface area contributed by atoms with Gasteiger partial charge in [0, 0.05) is 17.7 Å². The van der Waals surface area contributed by atoms with Crippen LogP contribution >= 0.6 is 25.3 Å². The van der Waals surface area contributed by atoms with Crippen LogP contribution in [0.5, 0.6) is 0 Å². The Bertz CT molecular complexity index is 202. The third-order valence-electron chi connectivity index (χ3n) is 0.948. The van der Waals surface area contributed by atoms with Gasteiger partial charge in [0.1, 0.15) is 0 Å². The topological polar surface area (TPSA) is 118 Å². The molecule has 0 amide bonds. The van der Waals surface area contributed by atoms with Gasteiger partial charge >= 0.3 is 23.0 Å². The van der Waals surface area contributed by atoms with Crippen LogP contribution in [0.2, 0.25) is 0 Å². The Labute approximate surface area is 139 Å². The standard InChI is InChI=1S/3C3H6O2S.Fe/c3*4-3(5)1-2-6;/h3*6H,1-2H2,(H,4,5);/q;;;+3/p-3. The molecule has 0 atom stereocenters. The van der Waals surface area contributed by atoms with E-state index in [0.29, 0.717) is 11.5 Å². The van der Waals surface area contributed by atoms with E-state index in [1.807, 2.05) is 0 Å². The zero-order valence-electron chi connectivity index (χ0n) is 9.89. The number of carbonyl (C=O) groups excluding carboxylic acids is 2. The number of thiol groups is 2. The predicted molar refractivity (Wildman–Crippen MR) is 71.4 cm³/mol. The third-order valence-corrected chi connectivity index (χ3v) is 1.60. The summed E-state index contributed by atoms with van der Waals surface area (Å²) in [6.45, 7) is 0. The Morgan fingerprint density at radius 3 is 1.32 bits per heavy atom. The van der Waals surface area contributed by atoms with Crippen LogP contribution in [0.3, 0.4) is 0 Å². The molecule has 0 heterocycles. The van der Waals surface area contributed by atoms with Gasteiger partial charge in [-0.3, -0.25) is 4.79 Å². The van der Waals surface area contributed by atoms with Gasteiger partial charge in [0.25, 0.3) is 0 Å². The second-order valence-electron chi connectivity index (χ2n) is 2.54. The second kappa shape index (κ2) is 23.1. The molecule has 1 radical (unpaired) electrons. The summed E-state index contributed by atoms with van der Waals surface area (Å²) >= 11 is 11.6. The molecule has 0 fully saturated rings. The molecular formula is C9H15FeO6S3. The SMILES string of the molecule is O=C(O)CCS.O=C([O-])CCS.O=C([O-])CC[S-].[Fe+3]. The molecular weight excluding hydrogens is 356 g/mol. The minimum atomic E-state index is -1.06. The molecule has 0 saturated heterocycles. The second-order valence-corrected chi connectivity index (χ2v) is 3.84. The molecule has 19 heavy (non-hydrogen) atoms. The normalized spacial score (nSPS) is 7.74. The van der Waals surface area contributed by atoms with Crippen molar-refractivity contribution in [2.75, 3.05) is 17.3 Å². The Morgan fingerprint density at radius 2 is 1.32 bits per heavy atom. The zero-order chi connectivity index (χ0) is 15.0. The van der Waals surface area contributed by atoms with Crippen molar-refractivity contribution in [2.45, 2.75) is 19.3 Å². The molecule has 0 aliphatic rings. The molecule has 6 nitrogen and oxygen atoms in total. The molecule has 0 bridgehead atoms. The van der Waals surface area contributed by atoms with E-state index in [4.69, 9.17) is 5.11 Å². The summed E-state index contributed by atoms with van der Waals surface area (Å²) < 4.78 is 0. The molecule has 0 aromatic heterocycles. The number of carboxylic acid groups (broad SMARTS) is 3. The smallest absolute Gasteiger partial charge is 0.792 e. The number of aliphatic carboxylic acids is 3. The minimum absolute atomic E-state index is 0. The van der Waals surface area contributed by atoms with Crippen LogP contribution in [0.25, 0.3) is 0 Å². The summed E-state index contributed by atoms with van der Waals surface area (Å²) in [7, 11) is 0. The quantitative estimate of drug-likeness (QED) is 0.284. The molecule has 0 aromatic carbocycles. The molecule has 0 saturated carbocycles. The monoisotopic (exact) mass is 371 g/mol. The fraction of sp³-hybridized carbons (Fsp3) is 0.667. The maximum absolute atomic E-state index is 9.55. The van der Waals surface area contributed by atoms with Crippen molar-refractivity contribution in [3.8, 4) is 0 Å². The van der Waals surface area contributed by atoms with Crippen LogP contribution < -0.4 is 10.2 Å². The van der Waals surface area contributed by atoms with E-state index >= 15 is 0 Å². The van der Waals surface area contributed by atoms with Crippen LogP contribution in [0.1, 0.15) is 19.3 Å². The summed E-state index contributed by atoms with van der Waals surface area (Å²) in [6.07, 6.45) is 0.196.